The molecule has 5 rings (SSSR count). The van der Waals surface area contributed by atoms with Crippen molar-refractivity contribution in [1.29, 1.82) is 0 Å². The maximum absolute atomic E-state index is 13.4. The highest BCUT2D eigenvalue weighted by Gasteiger charge is 2.35. The fourth-order valence-corrected chi connectivity index (χ4v) is 5.59. The van der Waals surface area contributed by atoms with Crippen LogP contribution in [0.15, 0.2) is 48.7 Å². The third-order valence-electron chi connectivity index (χ3n) is 7.56. The number of likely N-dealkylation sites (tertiary alicyclic amines) is 1. The van der Waals surface area contributed by atoms with E-state index in [0.29, 0.717) is 42.1 Å². The zero-order valence-electron chi connectivity index (χ0n) is 24.0. The molecule has 10 nitrogen and oxygen atoms in total. The highest BCUT2D eigenvalue weighted by Crippen LogP contribution is 2.25. The molecule has 4 amide bonds. The van der Waals surface area contributed by atoms with Crippen molar-refractivity contribution in [3.63, 3.8) is 0 Å². The van der Waals surface area contributed by atoms with Crippen molar-refractivity contribution in [3.05, 3.63) is 64.8 Å². The van der Waals surface area contributed by atoms with Crippen LogP contribution in [0.5, 0.6) is 0 Å². The molecule has 3 heterocycles. The van der Waals surface area contributed by atoms with E-state index in [9.17, 15) is 19.2 Å². The molecule has 0 saturated carbocycles. The Morgan fingerprint density at radius 3 is 2.36 bits per heavy atom. The second kappa shape index (κ2) is 12.1. The number of H-pyrrole nitrogens is 1. The quantitative estimate of drug-likeness (QED) is 0.389. The molecule has 0 aliphatic carbocycles. The second-order valence-electron chi connectivity index (χ2n) is 11.8. The number of carbonyl (C=O) groups is 4. The van der Waals surface area contributed by atoms with E-state index in [4.69, 9.17) is 16.3 Å². The molecule has 2 aliphatic rings. The van der Waals surface area contributed by atoms with Crippen molar-refractivity contribution in [3.8, 4) is 0 Å². The van der Waals surface area contributed by atoms with Crippen LogP contribution < -0.4 is 15.5 Å². The number of piperidine rings is 2. The van der Waals surface area contributed by atoms with E-state index in [1.165, 1.54) is 0 Å². The van der Waals surface area contributed by atoms with E-state index in [-0.39, 0.29) is 24.3 Å². The minimum Gasteiger partial charge on any atom is -0.444 e. The number of benzene rings is 2. The van der Waals surface area contributed by atoms with Crippen molar-refractivity contribution >= 4 is 52.0 Å². The molecule has 3 N–H and O–H groups in total. The van der Waals surface area contributed by atoms with Crippen molar-refractivity contribution in [2.75, 3.05) is 24.5 Å². The van der Waals surface area contributed by atoms with Gasteiger partial charge in [-0.2, -0.15) is 0 Å². The normalized spacial score (nSPS) is 19.5. The molecule has 222 valence electrons. The van der Waals surface area contributed by atoms with Gasteiger partial charge in [0.15, 0.2) is 0 Å². The van der Waals surface area contributed by atoms with E-state index in [1.807, 2.05) is 0 Å². The maximum atomic E-state index is 13.4. The number of carbonyl (C=O) groups excluding carboxylic acids is 4. The first-order valence-corrected chi connectivity index (χ1v) is 14.6. The summed E-state index contributed by atoms with van der Waals surface area (Å²) in [5, 5.41) is 7.47. The lowest BCUT2D eigenvalue weighted by Crippen LogP contribution is -2.61. The first-order valence-electron chi connectivity index (χ1n) is 14.3. The first kappa shape index (κ1) is 29.4. The number of hydrogen-bond acceptors (Lipinski definition) is 5. The summed E-state index contributed by atoms with van der Waals surface area (Å²) in [4.78, 5) is 58.2. The van der Waals surface area contributed by atoms with Gasteiger partial charge in [0.2, 0.25) is 5.91 Å². The molecule has 2 aliphatic heterocycles. The lowest BCUT2D eigenvalue weighted by atomic mass is 9.98. The van der Waals surface area contributed by atoms with Crippen LogP contribution in [0.4, 0.5) is 10.5 Å². The number of halogens is 1. The van der Waals surface area contributed by atoms with Gasteiger partial charge in [-0.25, -0.2) is 4.79 Å². The zero-order chi connectivity index (χ0) is 30.0. The van der Waals surface area contributed by atoms with E-state index < -0.39 is 23.8 Å². The molecule has 1 aromatic heterocycles. The minimum absolute atomic E-state index is 0.0833. The largest absolute Gasteiger partial charge is 0.444 e. The Kier molecular flexibility index (Phi) is 8.45. The summed E-state index contributed by atoms with van der Waals surface area (Å²) in [6.45, 7) is 6.58. The Labute approximate surface area is 249 Å². The van der Waals surface area contributed by atoms with Gasteiger partial charge < -0.3 is 30.2 Å². The third kappa shape index (κ3) is 6.70. The van der Waals surface area contributed by atoms with Crippen molar-refractivity contribution in [2.24, 2.45) is 0 Å². The van der Waals surface area contributed by atoms with Gasteiger partial charge in [0.25, 0.3) is 11.8 Å². The molecule has 0 radical (unpaired) electrons. The fourth-order valence-electron chi connectivity index (χ4n) is 5.37. The van der Waals surface area contributed by atoms with Crippen LogP contribution in [0.2, 0.25) is 5.02 Å². The maximum Gasteiger partial charge on any atom is 0.410 e. The van der Waals surface area contributed by atoms with Gasteiger partial charge in [-0.1, -0.05) is 17.7 Å². The zero-order valence-corrected chi connectivity index (χ0v) is 24.8. The van der Waals surface area contributed by atoms with E-state index >= 15 is 0 Å². The van der Waals surface area contributed by atoms with Gasteiger partial charge >= 0.3 is 6.09 Å². The monoisotopic (exact) mass is 593 g/mol. The molecular weight excluding hydrogens is 558 g/mol. The van der Waals surface area contributed by atoms with Gasteiger partial charge in [-0.3, -0.25) is 14.4 Å². The van der Waals surface area contributed by atoms with E-state index in [2.05, 4.69) is 15.6 Å². The lowest BCUT2D eigenvalue weighted by Gasteiger charge is -2.39. The number of anilines is 1. The number of ether oxygens (including phenoxy) is 1. The smallest absolute Gasteiger partial charge is 0.410 e. The predicted octanol–water partition coefficient (Wildman–Crippen LogP) is 4.88. The van der Waals surface area contributed by atoms with Gasteiger partial charge in [0.1, 0.15) is 5.60 Å². The van der Waals surface area contributed by atoms with Gasteiger partial charge in [-0.05, 0) is 76.4 Å². The summed E-state index contributed by atoms with van der Waals surface area (Å²) in [6, 6.07) is 11.1. The summed E-state index contributed by atoms with van der Waals surface area (Å²) < 4.78 is 5.56. The highest BCUT2D eigenvalue weighted by molar-refractivity contribution is 6.35. The van der Waals surface area contributed by atoms with Gasteiger partial charge in [0.05, 0.1) is 17.1 Å². The van der Waals surface area contributed by atoms with E-state index in [1.54, 1.807) is 79.2 Å². The standard InChI is InChI=1S/C31H36ClN5O5/c1-31(2,3)42-30(41)36-15-13-24(34-29(40)20-9-12-22-23(32)17-33-25(22)16-20)26(18-36)35-28(39)19-7-10-21(11-8-19)37-14-5-4-6-27(37)38/h7-12,16-17,24,26,33H,4-6,13-15,18H2,1-3H3,(H,34,40)(H,35,39)/t24-,26+/m0/s1. The minimum atomic E-state index is -0.669. The topological polar surface area (TPSA) is 124 Å². The molecule has 2 saturated heterocycles. The second-order valence-corrected chi connectivity index (χ2v) is 12.2. The molecule has 2 fully saturated rings. The molecule has 2 aromatic carbocycles. The number of aromatic nitrogens is 1. The molecule has 3 aromatic rings. The summed E-state index contributed by atoms with van der Waals surface area (Å²) in [6.07, 6.45) is 3.98. The average Bonchev–Trinajstić information content (AvgIpc) is 3.33. The van der Waals surface area contributed by atoms with Crippen LogP contribution in [0.25, 0.3) is 10.9 Å². The summed E-state index contributed by atoms with van der Waals surface area (Å²) in [5.41, 5.74) is 1.69. The Bertz CT molecular complexity index is 1500. The Balaban J connectivity index is 1.31. The predicted molar refractivity (Wildman–Crippen MR) is 161 cm³/mol. The molecular formula is C31H36ClN5O5. The van der Waals surface area contributed by atoms with Crippen molar-refractivity contribution in [2.45, 2.75) is 64.1 Å². The van der Waals surface area contributed by atoms with Crippen molar-refractivity contribution in [1.82, 2.24) is 20.5 Å². The fraction of sp³-hybridized carbons (Fsp3) is 0.419. The molecule has 0 unspecified atom stereocenters. The Hall–Kier alpha value is -4.05. The van der Waals surface area contributed by atoms with Crippen molar-refractivity contribution < 1.29 is 23.9 Å². The molecule has 42 heavy (non-hydrogen) atoms. The summed E-state index contributed by atoms with van der Waals surface area (Å²) in [5.74, 6) is -0.558. The third-order valence-corrected chi connectivity index (χ3v) is 7.87. The van der Waals surface area contributed by atoms with Crippen LogP contribution in [-0.2, 0) is 9.53 Å². The number of fused-ring (bicyclic) bond motifs is 1. The van der Waals surface area contributed by atoms with Gasteiger partial charge in [-0.15, -0.1) is 0 Å². The molecule has 11 heteroatoms. The van der Waals surface area contributed by atoms with Crippen LogP contribution in [-0.4, -0.2) is 71.0 Å². The van der Waals surface area contributed by atoms with Crippen LogP contribution >= 0.6 is 11.6 Å². The van der Waals surface area contributed by atoms with Crippen LogP contribution in [0.3, 0.4) is 0 Å². The van der Waals surface area contributed by atoms with E-state index in [0.717, 1.165) is 29.4 Å². The number of amides is 4. The lowest BCUT2D eigenvalue weighted by molar-refractivity contribution is -0.119. The first-order chi connectivity index (χ1) is 20.0. The van der Waals surface area contributed by atoms with Crippen LogP contribution in [0, 0.1) is 0 Å². The summed E-state index contributed by atoms with van der Waals surface area (Å²) >= 11 is 6.18. The number of aromatic amines is 1. The number of nitrogens with one attached hydrogen (secondary N) is 3. The Morgan fingerprint density at radius 1 is 0.952 bits per heavy atom. The number of hydrogen-bond donors (Lipinski definition) is 3. The molecule has 2 atom stereocenters. The molecule has 0 bridgehead atoms. The van der Waals surface area contributed by atoms with Gasteiger partial charge in [0, 0.05) is 60.0 Å². The summed E-state index contributed by atoms with van der Waals surface area (Å²) in [7, 11) is 0. The highest BCUT2D eigenvalue weighted by atomic mass is 35.5. The average molecular weight is 594 g/mol. The SMILES string of the molecule is CC(C)(C)OC(=O)N1CC[C@H](NC(=O)c2ccc3c(Cl)c[nH]c3c2)[C@H](NC(=O)c2ccc(N3CCCCC3=O)cc2)C1. The van der Waals surface area contributed by atoms with Crippen LogP contribution in [0.1, 0.15) is 67.2 Å². The number of nitrogens with zero attached hydrogens (tertiary/aromatic N) is 2. The Morgan fingerprint density at radius 2 is 1.64 bits per heavy atom. The molecule has 0 spiro atoms. The number of rotatable bonds is 5.